The quantitative estimate of drug-likeness (QED) is 0.817. The summed E-state index contributed by atoms with van der Waals surface area (Å²) < 4.78 is 12.4. The summed E-state index contributed by atoms with van der Waals surface area (Å²) in [6.45, 7) is 4.19. The van der Waals surface area contributed by atoms with Crippen molar-refractivity contribution in [1.82, 2.24) is 14.8 Å². The van der Waals surface area contributed by atoms with Crippen LogP contribution in [0.2, 0.25) is 0 Å². The third-order valence-electron chi connectivity index (χ3n) is 4.09. The van der Waals surface area contributed by atoms with Crippen LogP contribution in [-0.4, -0.2) is 55.0 Å². The molecule has 2 heterocycles. The highest BCUT2D eigenvalue weighted by Gasteiger charge is 2.23. The molecular weight excluding hydrogens is 298 g/mol. The molecule has 0 radical (unpaired) electrons. The van der Waals surface area contributed by atoms with Crippen molar-refractivity contribution in [2.45, 2.75) is 25.9 Å². The van der Waals surface area contributed by atoms with E-state index in [1.165, 1.54) is 6.07 Å². The van der Waals surface area contributed by atoms with Gasteiger partial charge in [0.1, 0.15) is 11.9 Å². The first kappa shape index (κ1) is 17.3. The number of pyridine rings is 1. The van der Waals surface area contributed by atoms with Gasteiger partial charge in [0.2, 0.25) is 0 Å². The van der Waals surface area contributed by atoms with Crippen molar-refractivity contribution in [3.05, 3.63) is 28.2 Å². The summed E-state index contributed by atoms with van der Waals surface area (Å²) in [5.41, 5.74) is 0.789. The number of likely N-dealkylation sites (tertiary alicyclic amines) is 1. The van der Waals surface area contributed by atoms with Gasteiger partial charge >= 0.3 is 6.03 Å². The Hall–Kier alpha value is -2.02. The lowest BCUT2D eigenvalue weighted by molar-refractivity contribution is 0.109. The zero-order valence-corrected chi connectivity index (χ0v) is 14.0. The molecule has 0 saturated carbocycles. The molecule has 2 amide bonds. The summed E-state index contributed by atoms with van der Waals surface area (Å²) in [6, 6.07) is 3.31. The van der Waals surface area contributed by atoms with Crippen LogP contribution in [0.1, 0.15) is 18.5 Å². The molecule has 1 saturated heterocycles. The van der Waals surface area contributed by atoms with Crippen LogP contribution in [0.15, 0.2) is 16.9 Å². The molecule has 23 heavy (non-hydrogen) atoms. The lowest BCUT2D eigenvalue weighted by Gasteiger charge is -2.32. The van der Waals surface area contributed by atoms with E-state index in [0.717, 1.165) is 18.5 Å². The maximum absolute atomic E-state index is 11.9. The van der Waals surface area contributed by atoms with Gasteiger partial charge in [-0.3, -0.25) is 4.79 Å². The molecule has 1 aliphatic rings. The molecule has 2 rings (SSSR count). The minimum absolute atomic E-state index is 0.0320. The van der Waals surface area contributed by atoms with Gasteiger partial charge in [0.25, 0.3) is 5.56 Å². The summed E-state index contributed by atoms with van der Waals surface area (Å²) in [5, 5.41) is 2.82. The first-order valence-corrected chi connectivity index (χ1v) is 7.87. The van der Waals surface area contributed by atoms with Crippen LogP contribution < -0.4 is 15.6 Å². The number of aryl methyl sites for hydroxylation is 1. The van der Waals surface area contributed by atoms with Crippen molar-refractivity contribution >= 4 is 6.03 Å². The fourth-order valence-corrected chi connectivity index (χ4v) is 2.55. The molecule has 1 N–H and O–H groups in total. The summed E-state index contributed by atoms with van der Waals surface area (Å²) in [5.74, 6) is 0.605. The highest BCUT2D eigenvalue weighted by molar-refractivity contribution is 5.74. The molecule has 0 aromatic carbocycles. The lowest BCUT2D eigenvalue weighted by atomic mass is 10.1. The van der Waals surface area contributed by atoms with E-state index < -0.39 is 0 Å². The third-order valence-corrected chi connectivity index (χ3v) is 4.09. The average molecular weight is 323 g/mol. The highest BCUT2D eigenvalue weighted by atomic mass is 16.5. The van der Waals surface area contributed by atoms with E-state index in [4.69, 9.17) is 9.47 Å². The Labute approximate surface area is 136 Å². The van der Waals surface area contributed by atoms with Crippen LogP contribution in [0, 0.1) is 6.92 Å². The van der Waals surface area contributed by atoms with Crippen LogP contribution in [0.4, 0.5) is 4.79 Å². The number of carbonyl (C=O) groups is 1. The van der Waals surface area contributed by atoms with E-state index in [2.05, 4.69) is 5.32 Å². The van der Waals surface area contributed by atoms with E-state index in [0.29, 0.717) is 32.0 Å². The Morgan fingerprint density at radius 2 is 2.04 bits per heavy atom. The number of ether oxygens (including phenoxy) is 2. The van der Waals surface area contributed by atoms with Crippen LogP contribution in [0.5, 0.6) is 5.75 Å². The number of nitrogens with one attached hydrogen (secondary N) is 1. The van der Waals surface area contributed by atoms with Crippen molar-refractivity contribution in [2.75, 3.05) is 33.4 Å². The lowest BCUT2D eigenvalue weighted by Crippen LogP contribution is -2.47. The van der Waals surface area contributed by atoms with Crippen molar-refractivity contribution < 1.29 is 14.3 Å². The number of aromatic nitrogens is 1. The standard InChI is InChI=1S/C16H25N3O4/c1-12-10-14(11-15(20)18(12)2)23-13-4-7-19(8-5-13)16(21)17-6-9-22-3/h10-11,13H,4-9H2,1-3H3,(H,17,21). The number of amides is 2. The third kappa shape index (κ3) is 4.72. The van der Waals surface area contributed by atoms with Crippen LogP contribution >= 0.6 is 0 Å². The second-order valence-electron chi connectivity index (χ2n) is 5.76. The zero-order chi connectivity index (χ0) is 16.8. The van der Waals surface area contributed by atoms with E-state index in [1.54, 1.807) is 23.6 Å². The van der Waals surface area contributed by atoms with E-state index in [-0.39, 0.29) is 17.7 Å². The summed E-state index contributed by atoms with van der Waals surface area (Å²) in [4.78, 5) is 25.5. The number of rotatable bonds is 5. The van der Waals surface area contributed by atoms with Gasteiger partial charge in [0.05, 0.1) is 6.61 Å². The molecule has 0 unspecified atom stereocenters. The molecule has 7 nitrogen and oxygen atoms in total. The van der Waals surface area contributed by atoms with Crippen molar-refractivity contribution in [1.29, 1.82) is 0 Å². The Morgan fingerprint density at radius 1 is 1.35 bits per heavy atom. The van der Waals surface area contributed by atoms with E-state index in [1.807, 2.05) is 13.0 Å². The van der Waals surface area contributed by atoms with Gasteiger partial charge in [-0.05, 0) is 13.0 Å². The maximum Gasteiger partial charge on any atom is 0.317 e. The summed E-state index contributed by atoms with van der Waals surface area (Å²) >= 11 is 0. The first-order chi connectivity index (χ1) is 11.0. The zero-order valence-electron chi connectivity index (χ0n) is 14.0. The van der Waals surface area contributed by atoms with Gasteiger partial charge in [0, 0.05) is 58.4 Å². The summed E-state index contributed by atoms with van der Waals surface area (Å²) in [6.07, 6.45) is 1.54. The predicted molar refractivity (Wildman–Crippen MR) is 86.9 cm³/mol. The normalized spacial score (nSPS) is 15.5. The van der Waals surface area contributed by atoms with Gasteiger partial charge in [-0.1, -0.05) is 0 Å². The largest absolute Gasteiger partial charge is 0.490 e. The molecule has 7 heteroatoms. The average Bonchev–Trinajstić information content (AvgIpc) is 2.53. The first-order valence-electron chi connectivity index (χ1n) is 7.87. The van der Waals surface area contributed by atoms with Gasteiger partial charge in [-0.15, -0.1) is 0 Å². The van der Waals surface area contributed by atoms with Gasteiger partial charge < -0.3 is 24.3 Å². The molecule has 1 aromatic rings. The summed E-state index contributed by atoms with van der Waals surface area (Å²) in [7, 11) is 3.34. The van der Waals surface area contributed by atoms with Crippen LogP contribution in [-0.2, 0) is 11.8 Å². The Kier molecular flexibility index (Phi) is 6.04. The molecule has 0 bridgehead atoms. The van der Waals surface area contributed by atoms with Crippen LogP contribution in [0.25, 0.3) is 0 Å². The van der Waals surface area contributed by atoms with Crippen molar-refractivity contribution in [3.8, 4) is 5.75 Å². The minimum Gasteiger partial charge on any atom is -0.490 e. The van der Waals surface area contributed by atoms with Gasteiger partial charge in [0.15, 0.2) is 0 Å². The number of carbonyl (C=O) groups excluding carboxylic acids is 1. The molecule has 0 aliphatic carbocycles. The molecule has 128 valence electrons. The molecule has 1 aliphatic heterocycles. The SMILES string of the molecule is COCCNC(=O)N1CCC(Oc2cc(C)n(C)c(=O)c2)CC1. The highest BCUT2D eigenvalue weighted by Crippen LogP contribution is 2.18. The Balaban J connectivity index is 1.83. The Morgan fingerprint density at radius 3 is 2.65 bits per heavy atom. The molecular formula is C16H25N3O4. The molecule has 0 atom stereocenters. The smallest absolute Gasteiger partial charge is 0.317 e. The van der Waals surface area contributed by atoms with Gasteiger partial charge in [-0.25, -0.2) is 4.79 Å². The van der Waals surface area contributed by atoms with E-state index >= 15 is 0 Å². The van der Waals surface area contributed by atoms with Crippen molar-refractivity contribution in [3.63, 3.8) is 0 Å². The Bertz CT molecular complexity index is 591. The fourth-order valence-electron chi connectivity index (χ4n) is 2.55. The number of nitrogens with zero attached hydrogens (tertiary/aromatic N) is 2. The number of methoxy groups -OCH3 is 1. The molecule has 1 fully saturated rings. The second-order valence-corrected chi connectivity index (χ2v) is 5.76. The number of hydrogen-bond acceptors (Lipinski definition) is 4. The maximum atomic E-state index is 11.9. The molecule has 0 spiro atoms. The topological polar surface area (TPSA) is 72.8 Å². The fraction of sp³-hybridized carbons (Fsp3) is 0.625. The van der Waals surface area contributed by atoms with Gasteiger partial charge in [-0.2, -0.15) is 0 Å². The van der Waals surface area contributed by atoms with E-state index in [9.17, 15) is 9.59 Å². The van der Waals surface area contributed by atoms with Crippen molar-refractivity contribution in [2.24, 2.45) is 7.05 Å². The monoisotopic (exact) mass is 323 g/mol. The number of hydrogen-bond donors (Lipinski definition) is 1. The molecule has 1 aromatic heterocycles. The number of piperidine rings is 1. The second kappa shape index (κ2) is 8.01. The predicted octanol–water partition coefficient (Wildman–Crippen LogP) is 0.893. The van der Waals surface area contributed by atoms with Crippen LogP contribution in [0.3, 0.4) is 0 Å². The minimum atomic E-state index is -0.0741. The number of urea groups is 1.